The number of carbonyl (C=O) groups excluding carboxylic acids is 1. The lowest BCUT2D eigenvalue weighted by atomic mass is 10.1. The van der Waals surface area contributed by atoms with Crippen molar-refractivity contribution in [3.8, 4) is 0 Å². The van der Waals surface area contributed by atoms with E-state index in [4.69, 9.17) is 0 Å². The molecule has 0 aliphatic carbocycles. The lowest BCUT2D eigenvalue weighted by Gasteiger charge is -2.10. The van der Waals surface area contributed by atoms with Gasteiger partial charge in [0.2, 0.25) is 5.91 Å². The third-order valence-corrected chi connectivity index (χ3v) is 3.19. The maximum Gasteiger partial charge on any atom is 0.416 e. The maximum atomic E-state index is 12.6. The number of carbonyl (C=O) groups is 1. The summed E-state index contributed by atoms with van der Waals surface area (Å²) < 4.78 is 37.7. The first-order chi connectivity index (χ1) is 10.4. The average Bonchev–Trinajstić information content (AvgIpc) is 2.48. The fraction of sp³-hybridized carbons (Fsp3) is 0.235. The van der Waals surface area contributed by atoms with Crippen LogP contribution in [0.2, 0.25) is 0 Å². The third-order valence-electron chi connectivity index (χ3n) is 3.19. The highest BCUT2D eigenvalue weighted by Crippen LogP contribution is 2.30. The zero-order valence-corrected chi connectivity index (χ0v) is 11.9. The van der Waals surface area contributed by atoms with Gasteiger partial charge in [-0.1, -0.05) is 36.4 Å². The highest BCUT2D eigenvalue weighted by atomic mass is 19.4. The molecule has 0 spiro atoms. The summed E-state index contributed by atoms with van der Waals surface area (Å²) in [5.74, 6) is -0.282. The van der Waals surface area contributed by atoms with Gasteiger partial charge in [0.15, 0.2) is 0 Å². The molecule has 0 bridgehead atoms. The largest absolute Gasteiger partial charge is 0.416 e. The summed E-state index contributed by atoms with van der Waals surface area (Å²) in [4.78, 5) is 11.8. The van der Waals surface area contributed by atoms with Crippen LogP contribution in [0.5, 0.6) is 0 Å². The molecule has 5 heteroatoms. The van der Waals surface area contributed by atoms with Gasteiger partial charge in [-0.15, -0.1) is 0 Å². The van der Waals surface area contributed by atoms with Crippen LogP contribution in [0, 0.1) is 0 Å². The van der Waals surface area contributed by atoms with Crippen molar-refractivity contribution in [2.24, 2.45) is 0 Å². The first-order valence-electron chi connectivity index (χ1n) is 6.96. The summed E-state index contributed by atoms with van der Waals surface area (Å²) in [6.45, 7) is 0. The van der Waals surface area contributed by atoms with Crippen molar-refractivity contribution < 1.29 is 18.0 Å². The average molecular weight is 307 g/mol. The van der Waals surface area contributed by atoms with Crippen molar-refractivity contribution in [2.75, 3.05) is 5.32 Å². The summed E-state index contributed by atoms with van der Waals surface area (Å²) in [6, 6.07) is 14.4. The second-order valence-corrected chi connectivity index (χ2v) is 4.97. The molecule has 116 valence electrons. The van der Waals surface area contributed by atoms with E-state index in [2.05, 4.69) is 5.32 Å². The maximum absolute atomic E-state index is 12.6. The number of anilines is 1. The molecule has 2 aromatic carbocycles. The van der Waals surface area contributed by atoms with Gasteiger partial charge >= 0.3 is 6.18 Å². The number of halogens is 3. The van der Waals surface area contributed by atoms with Crippen molar-refractivity contribution in [3.05, 3.63) is 65.7 Å². The van der Waals surface area contributed by atoms with E-state index in [1.807, 2.05) is 30.3 Å². The molecule has 2 rings (SSSR count). The number of hydrogen-bond acceptors (Lipinski definition) is 1. The Balaban J connectivity index is 1.84. The number of amides is 1. The Kier molecular flexibility index (Phi) is 5.20. The van der Waals surface area contributed by atoms with Crippen molar-refractivity contribution in [2.45, 2.75) is 25.4 Å². The highest BCUT2D eigenvalue weighted by Gasteiger charge is 2.30. The van der Waals surface area contributed by atoms with E-state index in [1.54, 1.807) is 0 Å². The van der Waals surface area contributed by atoms with Crippen LogP contribution in [-0.4, -0.2) is 5.91 Å². The van der Waals surface area contributed by atoms with Crippen molar-refractivity contribution in [1.29, 1.82) is 0 Å². The van der Waals surface area contributed by atoms with Gasteiger partial charge in [0.05, 0.1) is 5.56 Å². The lowest BCUT2D eigenvalue weighted by molar-refractivity contribution is -0.137. The fourth-order valence-electron chi connectivity index (χ4n) is 2.09. The van der Waals surface area contributed by atoms with E-state index in [0.717, 1.165) is 24.1 Å². The van der Waals surface area contributed by atoms with Crippen LogP contribution in [-0.2, 0) is 17.4 Å². The summed E-state index contributed by atoms with van der Waals surface area (Å²) in [5.41, 5.74) is 0.531. The molecule has 0 radical (unpaired) electrons. The monoisotopic (exact) mass is 307 g/mol. The van der Waals surface area contributed by atoms with Crippen LogP contribution < -0.4 is 5.32 Å². The first kappa shape index (κ1) is 16.1. The van der Waals surface area contributed by atoms with Crippen LogP contribution in [0.15, 0.2) is 54.6 Å². The predicted molar refractivity (Wildman–Crippen MR) is 79.5 cm³/mol. The Morgan fingerprint density at radius 2 is 1.73 bits per heavy atom. The van der Waals surface area contributed by atoms with Crippen LogP contribution in [0.25, 0.3) is 0 Å². The molecule has 22 heavy (non-hydrogen) atoms. The molecular weight excluding hydrogens is 291 g/mol. The van der Waals surface area contributed by atoms with Crippen molar-refractivity contribution in [3.63, 3.8) is 0 Å². The summed E-state index contributed by atoms with van der Waals surface area (Å²) in [5, 5.41) is 2.50. The summed E-state index contributed by atoms with van der Waals surface area (Å²) in [6.07, 6.45) is -2.73. The summed E-state index contributed by atoms with van der Waals surface area (Å²) in [7, 11) is 0. The fourth-order valence-corrected chi connectivity index (χ4v) is 2.09. The molecule has 0 unspecified atom stereocenters. The summed E-state index contributed by atoms with van der Waals surface area (Å²) >= 11 is 0. The van der Waals surface area contributed by atoms with Gasteiger partial charge in [0.25, 0.3) is 0 Å². The minimum Gasteiger partial charge on any atom is -0.326 e. The number of rotatable bonds is 5. The van der Waals surface area contributed by atoms with Crippen LogP contribution in [0.1, 0.15) is 24.0 Å². The van der Waals surface area contributed by atoms with E-state index in [1.165, 1.54) is 12.1 Å². The number of hydrogen-bond donors (Lipinski definition) is 1. The second-order valence-electron chi connectivity index (χ2n) is 4.97. The van der Waals surface area contributed by atoms with Gasteiger partial charge in [0, 0.05) is 12.1 Å². The highest BCUT2D eigenvalue weighted by molar-refractivity contribution is 5.90. The molecule has 0 heterocycles. The molecule has 0 saturated carbocycles. The van der Waals surface area contributed by atoms with Gasteiger partial charge in [-0.25, -0.2) is 0 Å². The molecule has 0 aliphatic heterocycles. The molecule has 0 aliphatic rings. The minimum absolute atomic E-state index is 0.166. The van der Waals surface area contributed by atoms with Crippen molar-refractivity contribution in [1.82, 2.24) is 0 Å². The van der Waals surface area contributed by atoms with E-state index >= 15 is 0 Å². The second kappa shape index (κ2) is 7.11. The first-order valence-corrected chi connectivity index (χ1v) is 6.96. The molecule has 2 aromatic rings. The quantitative estimate of drug-likeness (QED) is 0.854. The molecule has 0 aromatic heterocycles. The van der Waals surface area contributed by atoms with Crippen LogP contribution >= 0.6 is 0 Å². The SMILES string of the molecule is O=C(CCCc1ccccc1)Nc1cccc(C(F)(F)F)c1. The Morgan fingerprint density at radius 1 is 1.00 bits per heavy atom. The zero-order chi connectivity index (χ0) is 16.0. The van der Waals surface area contributed by atoms with Gasteiger partial charge in [-0.2, -0.15) is 13.2 Å². The number of benzene rings is 2. The van der Waals surface area contributed by atoms with Gasteiger partial charge in [0.1, 0.15) is 0 Å². The molecule has 2 nitrogen and oxygen atoms in total. The van der Waals surface area contributed by atoms with Crippen molar-refractivity contribution >= 4 is 11.6 Å². The lowest BCUT2D eigenvalue weighted by Crippen LogP contribution is -2.12. The van der Waals surface area contributed by atoms with Gasteiger partial charge < -0.3 is 5.32 Å². The van der Waals surface area contributed by atoms with Gasteiger partial charge in [-0.3, -0.25) is 4.79 Å². The van der Waals surface area contributed by atoms with E-state index < -0.39 is 11.7 Å². The molecule has 1 N–H and O–H groups in total. The Hall–Kier alpha value is -2.30. The van der Waals surface area contributed by atoms with E-state index in [-0.39, 0.29) is 18.0 Å². The molecular formula is C17H16F3NO. The third kappa shape index (κ3) is 4.91. The smallest absolute Gasteiger partial charge is 0.326 e. The predicted octanol–water partition coefficient (Wildman–Crippen LogP) is 4.67. The Morgan fingerprint density at radius 3 is 2.41 bits per heavy atom. The van der Waals surface area contributed by atoms with Gasteiger partial charge in [-0.05, 0) is 36.6 Å². The van der Waals surface area contributed by atoms with Crippen LogP contribution in [0.3, 0.4) is 0 Å². The topological polar surface area (TPSA) is 29.1 Å². The zero-order valence-electron chi connectivity index (χ0n) is 11.9. The normalized spacial score (nSPS) is 11.2. The number of alkyl halides is 3. The molecule has 0 atom stereocenters. The minimum atomic E-state index is -4.41. The van der Waals surface area contributed by atoms with E-state index in [0.29, 0.717) is 6.42 Å². The molecule has 1 amide bonds. The molecule has 0 fully saturated rings. The molecule has 0 saturated heterocycles. The van der Waals surface area contributed by atoms with Crippen LogP contribution in [0.4, 0.5) is 18.9 Å². The standard InChI is InChI=1S/C17H16F3NO/c18-17(19,20)14-9-5-10-15(12-14)21-16(22)11-4-8-13-6-2-1-3-7-13/h1-3,5-7,9-10,12H,4,8,11H2,(H,21,22). The van der Waals surface area contributed by atoms with E-state index in [9.17, 15) is 18.0 Å². The number of nitrogens with one attached hydrogen (secondary N) is 1. The number of aryl methyl sites for hydroxylation is 1. The Bertz CT molecular complexity index is 623. The Labute approximate surface area is 127 Å².